The zero-order valence-electron chi connectivity index (χ0n) is 10.4. The minimum atomic E-state index is -0.0687. The molecular weight excluding hydrogens is 340 g/mol. The number of thiophene rings is 1. The van der Waals surface area contributed by atoms with Crippen LogP contribution in [0.4, 0.5) is 0 Å². The summed E-state index contributed by atoms with van der Waals surface area (Å²) < 4.78 is 2.87. The lowest BCUT2D eigenvalue weighted by atomic mass is 10.3. The van der Waals surface area contributed by atoms with E-state index in [1.54, 1.807) is 0 Å². The van der Waals surface area contributed by atoms with Crippen molar-refractivity contribution in [1.29, 1.82) is 0 Å². The average Bonchev–Trinajstić information content (AvgIpc) is 3.06. The normalized spacial score (nSPS) is 10.8. The lowest BCUT2D eigenvalue weighted by molar-refractivity contribution is 0.0954. The number of pyridine rings is 1. The lowest BCUT2D eigenvalue weighted by Gasteiger charge is -2.02. The van der Waals surface area contributed by atoms with Crippen LogP contribution in [0.2, 0.25) is 0 Å². The first-order chi connectivity index (χ1) is 9.74. The van der Waals surface area contributed by atoms with Gasteiger partial charge in [0.1, 0.15) is 5.82 Å². The summed E-state index contributed by atoms with van der Waals surface area (Å²) >= 11 is 4.84. The standard InChI is InChI=1S/C13H11BrN4OS/c14-10-7-9(8-20-10)13(19)15-5-4-12-17-16-11-3-1-2-6-18(11)12/h1-3,6-8H,4-5H2,(H,15,19). The second-order valence-corrected chi connectivity index (χ2v) is 6.48. The summed E-state index contributed by atoms with van der Waals surface area (Å²) in [6, 6.07) is 7.57. The predicted octanol–water partition coefficient (Wildman–Crippen LogP) is 2.53. The molecule has 0 atom stereocenters. The first kappa shape index (κ1) is 13.3. The van der Waals surface area contributed by atoms with E-state index in [9.17, 15) is 4.79 Å². The van der Waals surface area contributed by atoms with Gasteiger partial charge in [-0.15, -0.1) is 21.5 Å². The summed E-state index contributed by atoms with van der Waals surface area (Å²) in [6.45, 7) is 0.530. The van der Waals surface area contributed by atoms with Crippen LogP contribution in [0.5, 0.6) is 0 Å². The Hall–Kier alpha value is -1.73. The lowest BCUT2D eigenvalue weighted by Crippen LogP contribution is -2.25. The number of hydrogen-bond donors (Lipinski definition) is 1. The highest BCUT2D eigenvalue weighted by atomic mass is 79.9. The molecule has 102 valence electrons. The van der Waals surface area contributed by atoms with E-state index in [-0.39, 0.29) is 5.91 Å². The smallest absolute Gasteiger partial charge is 0.252 e. The van der Waals surface area contributed by atoms with Gasteiger partial charge < -0.3 is 5.32 Å². The van der Waals surface area contributed by atoms with Gasteiger partial charge in [-0.1, -0.05) is 6.07 Å². The van der Waals surface area contributed by atoms with Crippen molar-refractivity contribution < 1.29 is 4.79 Å². The third-order valence-corrected chi connectivity index (χ3v) is 4.35. The molecule has 7 heteroatoms. The number of nitrogens with one attached hydrogen (secondary N) is 1. The Kier molecular flexibility index (Phi) is 3.79. The highest BCUT2D eigenvalue weighted by molar-refractivity contribution is 9.11. The van der Waals surface area contributed by atoms with E-state index in [0.717, 1.165) is 15.3 Å². The summed E-state index contributed by atoms with van der Waals surface area (Å²) in [5.41, 5.74) is 1.49. The Morgan fingerprint density at radius 1 is 1.40 bits per heavy atom. The fourth-order valence-corrected chi connectivity index (χ4v) is 3.02. The highest BCUT2D eigenvalue weighted by Gasteiger charge is 2.08. The number of fused-ring (bicyclic) bond motifs is 1. The molecule has 3 heterocycles. The number of rotatable bonds is 4. The van der Waals surface area contributed by atoms with E-state index in [1.807, 2.05) is 40.2 Å². The molecular formula is C13H11BrN4OS. The fourth-order valence-electron chi connectivity index (χ4n) is 1.88. The molecule has 0 bridgehead atoms. The van der Waals surface area contributed by atoms with E-state index in [2.05, 4.69) is 31.4 Å². The number of nitrogens with zero attached hydrogens (tertiary/aromatic N) is 3. The summed E-state index contributed by atoms with van der Waals surface area (Å²) in [4.78, 5) is 11.9. The summed E-state index contributed by atoms with van der Waals surface area (Å²) in [6.07, 6.45) is 2.56. The molecule has 0 unspecified atom stereocenters. The van der Waals surface area contributed by atoms with Gasteiger partial charge in [-0.05, 0) is 34.1 Å². The Morgan fingerprint density at radius 3 is 3.10 bits per heavy atom. The predicted molar refractivity (Wildman–Crippen MR) is 81.0 cm³/mol. The first-order valence-electron chi connectivity index (χ1n) is 6.05. The van der Waals surface area contributed by atoms with Gasteiger partial charge >= 0.3 is 0 Å². The largest absolute Gasteiger partial charge is 0.352 e. The Bertz CT molecular complexity index is 752. The van der Waals surface area contributed by atoms with E-state index < -0.39 is 0 Å². The maximum atomic E-state index is 11.9. The number of aromatic nitrogens is 3. The van der Waals surface area contributed by atoms with Crippen LogP contribution in [0.25, 0.3) is 5.65 Å². The van der Waals surface area contributed by atoms with Crippen molar-refractivity contribution in [2.75, 3.05) is 6.54 Å². The van der Waals surface area contributed by atoms with Gasteiger partial charge in [0.15, 0.2) is 5.65 Å². The molecule has 1 N–H and O–H groups in total. The number of amides is 1. The molecule has 5 nitrogen and oxygen atoms in total. The quantitative estimate of drug-likeness (QED) is 0.786. The molecule has 0 radical (unpaired) electrons. The molecule has 20 heavy (non-hydrogen) atoms. The molecule has 0 spiro atoms. The van der Waals surface area contributed by atoms with E-state index in [4.69, 9.17) is 0 Å². The zero-order chi connectivity index (χ0) is 13.9. The van der Waals surface area contributed by atoms with Crippen molar-refractivity contribution in [1.82, 2.24) is 19.9 Å². The molecule has 3 rings (SSSR count). The van der Waals surface area contributed by atoms with Crippen LogP contribution < -0.4 is 5.32 Å². The van der Waals surface area contributed by atoms with Crippen LogP contribution in [0.3, 0.4) is 0 Å². The van der Waals surface area contributed by atoms with Crippen molar-refractivity contribution in [3.05, 3.63) is 51.0 Å². The van der Waals surface area contributed by atoms with Gasteiger partial charge in [0, 0.05) is 24.5 Å². The van der Waals surface area contributed by atoms with Crippen molar-refractivity contribution in [3.63, 3.8) is 0 Å². The van der Waals surface area contributed by atoms with Crippen molar-refractivity contribution in [2.24, 2.45) is 0 Å². The van der Waals surface area contributed by atoms with Crippen LogP contribution in [-0.4, -0.2) is 27.0 Å². The summed E-state index contributed by atoms with van der Waals surface area (Å²) in [5.74, 6) is 0.771. The number of carbonyl (C=O) groups excluding carboxylic acids is 1. The van der Waals surface area contributed by atoms with Crippen molar-refractivity contribution >= 4 is 38.8 Å². The second-order valence-electron chi connectivity index (χ2n) is 4.19. The second kappa shape index (κ2) is 5.72. The fraction of sp³-hybridized carbons (Fsp3) is 0.154. The van der Waals surface area contributed by atoms with Crippen LogP contribution in [0, 0.1) is 0 Å². The van der Waals surface area contributed by atoms with Crippen LogP contribution in [0.1, 0.15) is 16.2 Å². The molecule has 3 aromatic heterocycles. The SMILES string of the molecule is O=C(NCCc1nnc2ccccn12)c1csc(Br)c1. The average molecular weight is 351 g/mol. The molecule has 1 amide bonds. The molecule has 0 aliphatic rings. The van der Waals surface area contributed by atoms with E-state index in [1.165, 1.54) is 11.3 Å². The molecule has 0 saturated heterocycles. The van der Waals surface area contributed by atoms with E-state index >= 15 is 0 Å². The molecule has 0 aliphatic heterocycles. The highest BCUT2D eigenvalue weighted by Crippen LogP contribution is 2.20. The summed E-state index contributed by atoms with van der Waals surface area (Å²) in [7, 11) is 0. The molecule has 0 aromatic carbocycles. The van der Waals surface area contributed by atoms with Crippen molar-refractivity contribution in [2.45, 2.75) is 6.42 Å². The third-order valence-electron chi connectivity index (χ3n) is 2.85. The minimum Gasteiger partial charge on any atom is -0.352 e. The molecule has 0 fully saturated rings. The zero-order valence-corrected chi connectivity index (χ0v) is 12.8. The van der Waals surface area contributed by atoms with Gasteiger partial charge in [0.25, 0.3) is 5.91 Å². The van der Waals surface area contributed by atoms with Crippen molar-refractivity contribution in [3.8, 4) is 0 Å². The van der Waals surface area contributed by atoms with Crippen LogP contribution in [-0.2, 0) is 6.42 Å². The molecule has 0 aliphatic carbocycles. The first-order valence-corrected chi connectivity index (χ1v) is 7.72. The Balaban J connectivity index is 1.61. The van der Waals surface area contributed by atoms with Gasteiger partial charge in [0.2, 0.25) is 0 Å². The number of hydrogen-bond acceptors (Lipinski definition) is 4. The van der Waals surface area contributed by atoms with Gasteiger partial charge in [-0.2, -0.15) is 0 Å². The number of halogens is 1. The maximum absolute atomic E-state index is 11.9. The summed E-state index contributed by atoms with van der Waals surface area (Å²) in [5, 5.41) is 12.9. The van der Waals surface area contributed by atoms with Crippen LogP contribution in [0.15, 0.2) is 39.6 Å². The van der Waals surface area contributed by atoms with E-state index in [0.29, 0.717) is 18.5 Å². The maximum Gasteiger partial charge on any atom is 0.252 e. The minimum absolute atomic E-state index is 0.0687. The monoisotopic (exact) mass is 350 g/mol. The third kappa shape index (κ3) is 2.73. The topological polar surface area (TPSA) is 59.3 Å². The van der Waals surface area contributed by atoms with Gasteiger partial charge in [-0.3, -0.25) is 9.20 Å². The van der Waals surface area contributed by atoms with Gasteiger partial charge in [0.05, 0.1) is 9.35 Å². The number of carbonyl (C=O) groups is 1. The Morgan fingerprint density at radius 2 is 2.30 bits per heavy atom. The Labute approximate surface area is 127 Å². The van der Waals surface area contributed by atoms with Gasteiger partial charge in [-0.25, -0.2) is 0 Å². The molecule has 3 aromatic rings. The van der Waals surface area contributed by atoms with Crippen LogP contribution >= 0.6 is 27.3 Å². The molecule has 0 saturated carbocycles.